The molecule has 0 aromatic carbocycles. The Kier molecular flexibility index (Phi) is 10.0. The molecule has 86 valence electrons. The fourth-order valence-electron chi connectivity index (χ4n) is 1.32. The lowest BCUT2D eigenvalue weighted by atomic mass is 10.0. The smallest absolute Gasteiger partial charge is 0.0861 e. The predicted octanol–water partition coefficient (Wildman–Crippen LogP) is 2.29. The van der Waals surface area contributed by atoms with Crippen LogP contribution in [0.25, 0.3) is 0 Å². The van der Waals surface area contributed by atoms with Crippen molar-refractivity contribution in [3.05, 3.63) is 0 Å². The molecule has 0 heterocycles. The third-order valence-electron chi connectivity index (χ3n) is 2.42. The van der Waals surface area contributed by atoms with Gasteiger partial charge >= 0.3 is 0 Å². The van der Waals surface area contributed by atoms with Gasteiger partial charge in [0, 0.05) is 5.75 Å². The van der Waals surface area contributed by atoms with Crippen molar-refractivity contribution in [2.45, 2.75) is 45.6 Å². The molecule has 2 unspecified atom stereocenters. The van der Waals surface area contributed by atoms with Crippen LogP contribution < -0.4 is 0 Å². The lowest BCUT2D eigenvalue weighted by molar-refractivity contribution is 0.113. The molecule has 0 aliphatic carbocycles. The average molecular weight is 220 g/mol. The Labute approximate surface area is 92.1 Å². The van der Waals surface area contributed by atoms with Gasteiger partial charge < -0.3 is 10.2 Å². The van der Waals surface area contributed by atoms with Crippen molar-refractivity contribution in [3.8, 4) is 0 Å². The largest absolute Gasteiger partial charge is 0.394 e. The van der Waals surface area contributed by atoms with E-state index in [1.165, 1.54) is 25.7 Å². The van der Waals surface area contributed by atoms with E-state index in [1.807, 2.05) is 0 Å². The number of hydrogen-bond donors (Lipinski definition) is 2. The van der Waals surface area contributed by atoms with Gasteiger partial charge in [0.05, 0.1) is 12.7 Å². The summed E-state index contributed by atoms with van der Waals surface area (Å²) < 4.78 is 0. The molecule has 0 saturated heterocycles. The van der Waals surface area contributed by atoms with Crippen LogP contribution in [0, 0.1) is 5.92 Å². The van der Waals surface area contributed by atoms with Crippen molar-refractivity contribution in [1.29, 1.82) is 0 Å². The number of unbranched alkanes of at least 4 members (excludes halogenated alkanes) is 1. The van der Waals surface area contributed by atoms with Crippen LogP contribution in [-0.4, -0.2) is 34.4 Å². The second-order valence-electron chi connectivity index (χ2n) is 3.79. The zero-order valence-electron chi connectivity index (χ0n) is 9.41. The van der Waals surface area contributed by atoms with E-state index < -0.39 is 6.10 Å². The van der Waals surface area contributed by atoms with Gasteiger partial charge in [0.25, 0.3) is 0 Å². The molecular weight excluding hydrogens is 196 g/mol. The highest BCUT2D eigenvalue weighted by atomic mass is 32.2. The first-order valence-corrected chi connectivity index (χ1v) is 6.76. The molecule has 0 aliphatic rings. The summed E-state index contributed by atoms with van der Waals surface area (Å²) in [4.78, 5) is 0. The lowest BCUT2D eigenvalue weighted by Gasteiger charge is -2.14. The van der Waals surface area contributed by atoms with E-state index >= 15 is 0 Å². The second kappa shape index (κ2) is 9.81. The van der Waals surface area contributed by atoms with Crippen LogP contribution in [0.5, 0.6) is 0 Å². The van der Waals surface area contributed by atoms with Gasteiger partial charge in [-0.25, -0.2) is 0 Å². The van der Waals surface area contributed by atoms with E-state index in [1.54, 1.807) is 11.8 Å². The number of aliphatic hydroxyl groups is 2. The standard InChI is InChI=1S/C11H24O2S/c1-3-5-6-10(4-2)8-14-9-11(13)7-12/h10-13H,3-9H2,1-2H3. The van der Waals surface area contributed by atoms with Gasteiger partial charge in [0.15, 0.2) is 0 Å². The fourth-order valence-corrected chi connectivity index (χ4v) is 2.57. The Bertz CT molecular complexity index is 120. The zero-order chi connectivity index (χ0) is 10.8. The van der Waals surface area contributed by atoms with Crippen molar-refractivity contribution >= 4 is 11.8 Å². The van der Waals surface area contributed by atoms with Gasteiger partial charge in [-0.3, -0.25) is 0 Å². The molecule has 0 aromatic rings. The van der Waals surface area contributed by atoms with Crippen molar-refractivity contribution < 1.29 is 10.2 Å². The summed E-state index contributed by atoms with van der Waals surface area (Å²) >= 11 is 1.76. The Morgan fingerprint density at radius 3 is 2.43 bits per heavy atom. The molecule has 0 fully saturated rings. The van der Waals surface area contributed by atoms with Gasteiger partial charge in [0.2, 0.25) is 0 Å². The highest BCUT2D eigenvalue weighted by Gasteiger charge is 2.07. The van der Waals surface area contributed by atoms with Crippen molar-refractivity contribution in [3.63, 3.8) is 0 Å². The molecule has 3 heteroatoms. The summed E-state index contributed by atoms with van der Waals surface area (Å²) in [7, 11) is 0. The zero-order valence-corrected chi connectivity index (χ0v) is 10.2. The van der Waals surface area contributed by atoms with E-state index in [0.717, 1.165) is 11.7 Å². The van der Waals surface area contributed by atoms with Gasteiger partial charge in [-0.2, -0.15) is 11.8 Å². The minimum atomic E-state index is -0.538. The van der Waals surface area contributed by atoms with Crippen LogP contribution >= 0.6 is 11.8 Å². The summed E-state index contributed by atoms with van der Waals surface area (Å²) in [6, 6.07) is 0. The number of thioether (sulfide) groups is 1. The molecule has 2 nitrogen and oxygen atoms in total. The first kappa shape index (κ1) is 14.3. The molecular formula is C11H24O2S. The van der Waals surface area contributed by atoms with Crippen LogP contribution in [0.15, 0.2) is 0 Å². The van der Waals surface area contributed by atoms with Gasteiger partial charge in [-0.05, 0) is 18.1 Å². The second-order valence-corrected chi connectivity index (χ2v) is 4.87. The molecule has 0 radical (unpaired) electrons. The van der Waals surface area contributed by atoms with E-state index in [4.69, 9.17) is 10.2 Å². The van der Waals surface area contributed by atoms with E-state index in [9.17, 15) is 0 Å². The van der Waals surface area contributed by atoms with Crippen LogP contribution in [-0.2, 0) is 0 Å². The summed E-state index contributed by atoms with van der Waals surface area (Å²) in [5.41, 5.74) is 0. The minimum Gasteiger partial charge on any atom is -0.394 e. The summed E-state index contributed by atoms with van der Waals surface area (Å²) in [5, 5.41) is 17.8. The lowest BCUT2D eigenvalue weighted by Crippen LogP contribution is -2.16. The van der Waals surface area contributed by atoms with E-state index in [2.05, 4.69) is 13.8 Å². The third kappa shape index (κ3) is 7.65. The predicted molar refractivity (Wildman–Crippen MR) is 63.7 cm³/mol. The molecule has 2 atom stereocenters. The SMILES string of the molecule is CCCCC(CC)CSCC(O)CO. The first-order chi connectivity index (χ1) is 6.74. The molecule has 0 amide bonds. The van der Waals surface area contributed by atoms with Crippen molar-refractivity contribution in [2.75, 3.05) is 18.1 Å². The Morgan fingerprint density at radius 2 is 1.93 bits per heavy atom. The quantitative estimate of drug-likeness (QED) is 0.626. The Morgan fingerprint density at radius 1 is 1.21 bits per heavy atom. The van der Waals surface area contributed by atoms with Crippen molar-refractivity contribution in [1.82, 2.24) is 0 Å². The molecule has 0 saturated carbocycles. The average Bonchev–Trinajstić information content (AvgIpc) is 2.22. The molecule has 0 aromatic heterocycles. The normalized spacial score (nSPS) is 15.4. The van der Waals surface area contributed by atoms with Gasteiger partial charge in [-0.15, -0.1) is 0 Å². The Balaban J connectivity index is 3.42. The first-order valence-electron chi connectivity index (χ1n) is 5.61. The molecule has 0 bridgehead atoms. The third-order valence-corrected chi connectivity index (χ3v) is 3.75. The highest BCUT2D eigenvalue weighted by Crippen LogP contribution is 2.18. The van der Waals surface area contributed by atoms with Crippen molar-refractivity contribution in [2.24, 2.45) is 5.92 Å². The molecule has 0 spiro atoms. The maximum Gasteiger partial charge on any atom is 0.0861 e. The fraction of sp³-hybridized carbons (Fsp3) is 1.00. The van der Waals surface area contributed by atoms with E-state index in [0.29, 0.717) is 5.75 Å². The molecule has 0 aliphatic heterocycles. The number of hydrogen-bond acceptors (Lipinski definition) is 3. The molecule has 0 rings (SSSR count). The molecule has 14 heavy (non-hydrogen) atoms. The maximum absolute atomic E-state index is 9.15. The van der Waals surface area contributed by atoms with Crippen LogP contribution in [0.4, 0.5) is 0 Å². The Hall–Kier alpha value is 0.270. The number of rotatable bonds is 9. The highest BCUT2D eigenvalue weighted by molar-refractivity contribution is 7.99. The summed E-state index contributed by atoms with van der Waals surface area (Å²) in [6.07, 6.45) is 4.56. The summed E-state index contributed by atoms with van der Waals surface area (Å²) in [6.45, 7) is 4.33. The monoisotopic (exact) mass is 220 g/mol. The minimum absolute atomic E-state index is 0.112. The summed E-state index contributed by atoms with van der Waals surface area (Å²) in [5.74, 6) is 2.57. The van der Waals surface area contributed by atoms with Crippen LogP contribution in [0.2, 0.25) is 0 Å². The van der Waals surface area contributed by atoms with Crippen LogP contribution in [0.3, 0.4) is 0 Å². The number of aliphatic hydroxyl groups excluding tert-OH is 2. The van der Waals surface area contributed by atoms with Gasteiger partial charge in [0.1, 0.15) is 0 Å². The maximum atomic E-state index is 9.15. The van der Waals surface area contributed by atoms with E-state index in [-0.39, 0.29) is 6.61 Å². The van der Waals surface area contributed by atoms with Crippen LogP contribution in [0.1, 0.15) is 39.5 Å². The van der Waals surface area contributed by atoms with Gasteiger partial charge in [-0.1, -0.05) is 33.1 Å². The molecule has 2 N–H and O–H groups in total. The topological polar surface area (TPSA) is 40.5 Å².